The van der Waals surface area contributed by atoms with Crippen molar-refractivity contribution in [1.82, 2.24) is 0 Å². The monoisotopic (exact) mass is 281 g/mol. The molecule has 0 aromatic heterocycles. The van der Waals surface area contributed by atoms with Gasteiger partial charge in [-0.1, -0.05) is 0 Å². The molecule has 0 heterocycles. The topological polar surface area (TPSA) is 20.3 Å². The van der Waals surface area contributed by atoms with Crippen LogP contribution in [0.2, 0.25) is 0 Å². The molecule has 0 radical (unpaired) electrons. The number of carbonyl (C=O) groups excluding carboxylic acids is 1. The van der Waals surface area contributed by atoms with Crippen molar-refractivity contribution in [2.75, 3.05) is 18.0 Å². The summed E-state index contributed by atoms with van der Waals surface area (Å²) in [4.78, 5) is 13.0. The first-order valence-electron chi connectivity index (χ1n) is 5.74. The zero-order valence-corrected chi connectivity index (χ0v) is 11.0. The standard InChI is InChI=1S/C13H16BrNO/c1-2-15(8-10-3-4-10)13-6-5-11(9-16)7-12(13)14/h5-7,9-10H,2-4,8H2,1H3. The Balaban J connectivity index is 2.18. The summed E-state index contributed by atoms with van der Waals surface area (Å²) >= 11 is 3.54. The summed E-state index contributed by atoms with van der Waals surface area (Å²) in [6, 6.07) is 5.79. The van der Waals surface area contributed by atoms with Gasteiger partial charge in [0.2, 0.25) is 0 Å². The van der Waals surface area contributed by atoms with Gasteiger partial charge < -0.3 is 4.90 Å². The smallest absolute Gasteiger partial charge is 0.150 e. The SMILES string of the molecule is CCN(CC1CC1)c1ccc(C=O)cc1Br. The highest BCUT2D eigenvalue weighted by Crippen LogP contribution is 2.34. The van der Waals surface area contributed by atoms with Crippen LogP contribution in [0.3, 0.4) is 0 Å². The Morgan fingerprint density at radius 1 is 1.50 bits per heavy atom. The lowest BCUT2D eigenvalue weighted by molar-refractivity contribution is 0.112. The average molecular weight is 282 g/mol. The number of nitrogens with zero attached hydrogens (tertiary/aromatic N) is 1. The minimum Gasteiger partial charge on any atom is -0.371 e. The first-order chi connectivity index (χ1) is 7.74. The molecule has 0 bridgehead atoms. The third kappa shape index (κ3) is 2.64. The summed E-state index contributed by atoms with van der Waals surface area (Å²) < 4.78 is 1.01. The molecule has 1 fully saturated rings. The summed E-state index contributed by atoms with van der Waals surface area (Å²) in [6.07, 6.45) is 3.60. The Labute approximate surface area is 105 Å². The number of rotatable bonds is 5. The van der Waals surface area contributed by atoms with E-state index in [0.29, 0.717) is 0 Å². The van der Waals surface area contributed by atoms with Gasteiger partial charge in [0.15, 0.2) is 0 Å². The van der Waals surface area contributed by atoms with Crippen molar-refractivity contribution in [2.45, 2.75) is 19.8 Å². The molecule has 0 saturated heterocycles. The molecule has 2 rings (SSSR count). The maximum Gasteiger partial charge on any atom is 0.150 e. The van der Waals surface area contributed by atoms with E-state index in [9.17, 15) is 4.79 Å². The fraction of sp³-hybridized carbons (Fsp3) is 0.462. The van der Waals surface area contributed by atoms with E-state index in [1.165, 1.54) is 18.5 Å². The van der Waals surface area contributed by atoms with Gasteiger partial charge in [0.05, 0.1) is 5.69 Å². The van der Waals surface area contributed by atoms with Gasteiger partial charge in [-0.15, -0.1) is 0 Å². The molecule has 2 nitrogen and oxygen atoms in total. The third-order valence-electron chi connectivity index (χ3n) is 3.01. The van der Waals surface area contributed by atoms with Crippen LogP contribution in [0.1, 0.15) is 30.1 Å². The summed E-state index contributed by atoms with van der Waals surface area (Å²) in [7, 11) is 0. The van der Waals surface area contributed by atoms with Gasteiger partial charge in [0, 0.05) is 23.1 Å². The molecule has 0 unspecified atom stereocenters. The second-order valence-electron chi connectivity index (χ2n) is 4.31. The van der Waals surface area contributed by atoms with E-state index in [2.05, 4.69) is 27.8 Å². The van der Waals surface area contributed by atoms with E-state index in [0.717, 1.165) is 35.3 Å². The Morgan fingerprint density at radius 2 is 2.25 bits per heavy atom. The fourth-order valence-electron chi connectivity index (χ4n) is 1.86. The molecule has 1 aliphatic carbocycles. The Kier molecular flexibility index (Phi) is 3.64. The second kappa shape index (κ2) is 5.00. The Bertz CT molecular complexity index is 388. The van der Waals surface area contributed by atoms with Crippen molar-refractivity contribution in [3.05, 3.63) is 28.2 Å². The van der Waals surface area contributed by atoms with Crippen LogP contribution in [0.25, 0.3) is 0 Å². The maximum absolute atomic E-state index is 10.7. The Morgan fingerprint density at radius 3 is 2.75 bits per heavy atom. The number of anilines is 1. The van der Waals surface area contributed by atoms with Crippen molar-refractivity contribution in [1.29, 1.82) is 0 Å². The molecule has 3 heteroatoms. The first-order valence-corrected chi connectivity index (χ1v) is 6.53. The minimum absolute atomic E-state index is 0.720. The van der Waals surface area contributed by atoms with Crippen molar-refractivity contribution in [3.63, 3.8) is 0 Å². The highest BCUT2D eigenvalue weighted by molar-refractivity contribution is 9.10. The minimum atomic E-state index is 0.720. The van der Waals surface area contributed by atoms with Crippen LogP contribution in [0, 0.1) is 5.92 Å². The van der Waals surface area contributed by atoms with Crippen LogP contribution in [-0.2, 0) is 0 Å². The van der Waals surface area contributed by atoms with E-state index in [-0.39, 0.29) is 0 Å². The third-order valence-corrected chi connectivity index (χ3v) is 3.64. The summed E-state index contributed by atoms with van der Waals surface area (Å²) in [6.45, 7) is 4.31. The van der Waals surface area contributed by atoms with E-state index in [4.69, 9.17) is 0 Å². The average Bonchev–Trinajstić information content (AvgIpc) is 3.10. The molecule has 1 aromatic carbocycles. The van der Waals surface area contributed by atoms with Crippen molar-refractivity contribution in [3.8, 4) is 0 Å². The van der Waals surface area contributed by atoms with E-state index >= 15 is 0 Å². The molecule has 1 aromatic rings. The number of halogens is 1. The van der Waals surface area contributed by atoms with Crippen LogP contribution in [0.5, 0.6) is 0 Å². The molecule has 16 heavy (non-hydrogen) atoms. The largest absolute Gasteiger partial charge is 0.371 e. The van der Waals surface area contributed by atoms with E-state index in [1.54, 1.807) is 0 Å². The quantitative estimate of drug-likeness (QED) is 0.770. The van der Waals surface area contributed by atoms with Crippen molar-refractivity contribution in [2.24, 2.45) is 5.92 Å². The summed E-state index contributed by atoms with van der Waals surface area (Å²) in [5, 5.41) is 0. The van der Waals surface area contributed by atoms with E-state index < -0.39 is 0 Å². The lowest BCUT2D eigenvalue weighted by atomic mass is 10.2. The van der Waals surface area contributed by atoms with Gasteiger partial charge >= 0.3 is 0 Å². The predicted octanol–water partition coefficient (Wildman–Crippen LogP) is 3.50. The molecule has 0 spiro atoms. The van der Waals surface area contributed by atoms with Gasteiger partial charge in [-0.3, -0.25) is 4.79 Å². The van der Waals surface area contributed by atoms with Gasteiger partial charge in [-0.25, -0.2) is 0 Å². The molecular formula is C13H16BrNO. The molecule has 0 amide bonds. The second-order valence-corrected chi connectivity index (χ2v) is 5.17. The molecule has 0 aliphatic heterocycles. The Hall–Kier alpha value is -0.830. The molecule has 86 valence electrons. The molecule has 0 atom stereocenters. The lowest BCUT2D eigenvalue weighted by Gasteiger charge is -2.24. The molecule has 1 aliphatic rings. The van der Waals surface area contributed by atoms with Crippen LogP contribution in [-0.4, -0.2) is 19.4 Å². The number of aldehydes is 1. The predicted molar refractivity (Wildman–Crippen MR) is 70.1 cm³/mol. The van der Waals surface area contributed by atoms with Crippen LogP contribution < -0.4 is 4.90 Å². The summed E-state index contributed by atoms with van der Waals surface area (Å²) in [5.41, 5.74) is 1.91. The fourth-order valence-corrected chi connectivity index (χ4v) is 2.51. The molecular weight excluding hydrogens is 266 g/mol. The number of benzene rings is 1. The van der Waals surface area contributed by atoms with Crippen molar-refractivity contribution < 1.29 is 4.79 Å². The normalized spacial score (nSPS) is 14.9. The zero-order chi connectivity index (χ0) is 11.5. The highest BCUT2D eigenvalue weighted by atomic mass is 79.9. The van der Waals surface area contributed by atoms with Crippen molar-refractivity contribution >= 4 is 27.9 Å². The van der Waals surface area contributed by atoms with Crippen LogP contribution in [0.4, 0.5) is 5.69 Å². The highest BCUT2D eigenvalue weighted by Gasteiger charge is 2.24. The first kappa shape index (κ1) is 11.6. The number of hydrogen-bond acceptors (Lipinski definition) is 2. The van der Waals surface area contributed by atoms with Gasteiger partial charge in [0.25, 0.3) is 0 Å². The van der Waals surface area contributed by atoms with Crippen LogP contribution in [0.15, 0.2) is 22.7 Å². The zero-order valence-electron chi connectivity index (χ0n) is 9.45. The summed E-state index contributed by atoms with van der Waals surface area (Å²) in [5.74, 6) is 0.873. The number of hydrogen-bond donors (Lipinski definition) is 0. The molecule has 0 N–H and O–H groups in total. The van der Waals surface area contributed by atoms with Gasteiger partial charge in [0.1, 0.15) is 6.29 Å². The van der Waals surface area contributed by atoms with Gasteiger partial charge in [-0.2, -0.15) is 0 Å². The van der Waals surface area contributed by atoms with Gasteiger partial charge in [-0.05, 0) is 59.8 Å². The van der Waals surface area contributed by atoms with Crippen LogP contribution >= 0.6 is 15.9 Å². The molecule has 1 saturated carbocycles. The number of carbonyl (C=O) groups is 1. The maximum atomic E-state index is 10.7. The lowest BCUT2D eigenvalue weighted by Crippen LogP contribution is -2.25. The van der Waals surface area contributed by atoms with E-state index in [1.807, 2.05) is 18.2 Å².